The molecule has 0 bridgehead atoms. The summed E-state index contributed by atoms with van der Waals surface area (Å²) in [6.07, 6.45) is -0.766. The Bertz CT molecular complexity index is 1990. The van der Waals surface area contributed by atoms with Gasteiger partial charge in [0.15, 0.2) is 10.9 Å². The second-order valence-electron chi connectivity index (χ2n) is 9.79. The third-order valence-electron chi connectivity index (χ3n) is 6.86. The van der Waals surface area contributed by atoms with Crippen molar-refractivity contribution in [1.29, 1.82) is 0 Å². The Kier molecular flexibility index (Phi) is 10.9. The fourth-order valence-corrected chi connectivity index (χ4v) is 4.86. The molecule has 0 saturated carbocycles. The molecule has 2 heterocycles. The van der Waals surface area contributed by atoms with Gasteiger partial charge < -0.3 is 33.4 Å². The molecule has 11 heteroatoms. The van der Waals surface area contributed by atoms with Crippen LogP contribution in [0.2, 0.25) is 0 Å². The van der Waals surface area contributed by atoms with E-state index in [1.165, 1.54) is 12.1 Å². The number of carbonyl (C=O) groups excluding carboxylic acids is 2. The fraction of sp³-hybridized carbons (Fsp3) is 0.0588. The third-order valence-corrected chi connectivity index (χ3v) is 6.86. The molecule has 6 aromatic rings. The summed E-state index contributed by atoms with van der Waals surface area (Å²) < 4.78 is 17.8. The van der Waals surface area contributed by atoms with E-state index in [9.17, 15) is 29.4 Å². The molecular weight excluding hydrogens is 598 g/mol. The molecule has 0 N–H and O–H groups in total. The average molecular weight is 619 g/mol. The van der Waals surface area contributed by atoms with Crippen LogP contribution in [0, 0.1) is 0 Å². The van der Waals surface area contributed by atoms with Gasteiger partial charge in [0.1, 0.15) is 34.2 Å². The van der Waals surface area contributed by atoms with Crippen molar-refractivity contribution in [2.75, 3.05) is 0 Å². The predicted molar refractivity (Wildman–Crippen MR) is 153 cm³/mol. The first kappa shape index (κ1) is 33.9. The molecule has 0 spiro atoms. The van der Waals surface area contributed by atoms with E-state index in [2.05, 4.69) is 0 Å². The van der Waals surface area contributed by atoms with Gasteiger partial charge in [0, 0.05) is 59.2 Å². The van der Waals surface area contributed by atoms with E-state index in [4.69, 9.17) is 13.6 Å². The molecule has 45 heavy (non-hydrogen) atoms. The summed E-state index contributed by atoms with van der Waals surface area (Å²) in [4.78, 5) is 47.7. The first-order valence-corrected chi connectivity index (χ1v) is 13.1. The Balaban J connectivity index is 0.00000230. The van der Waals surface area contributed by atoms with Gasteiger partial charge in [0.25, 0.3) is 0 Å². The Morgan fingerprint density at radius 1 is 0.578 bits per heavy atom. The SMILES string of the molecule is O=C([O-])Cc1cccc2c(=O)cc(-c3ccc(Oc4ccc(-c5cc(=O)c6cccc(CC(=O)[O-])c6o5)cc4)cc3)oc12.[Na+].[Na+]. The minimum atomic E-state index is -1.28. The maximum atomic E-state index is 12.7. The zero-order chi connectivity index (χ0) is 30.1. The van der Waals surface area contributed by atoms with E-state index in [1.807, 2.05) is 0 Å². The standard InChI is InChI=1S/C34H22O9.2Na/c35-27-17-29(42-33-21(15-31(37)38)3-1-5-25(27)33)19-7-11-23(12-8-19)41-24-13-9-20(10-14-24)30-18-28(36)26-6-2-4-22(16-32(39)40)34(26)43-30;;/h1-14,17-18H,15-16H2,(H,37,38)(H,39,40);;/q;2*+1/p-2. The second-order valence-corrected chi connectivity index (χ2v) is 9.79. The van der Waals surface area contributed by atoms with Gasteiger partial charge in [0.05, 0.1) is 10.8 Å². The summed E-state index contributed by atoms with van der Waals surface area (Å²) in [5.74, 6) is -1.00. The minimum absolute atomic E-state index is 0. The first-order chi connectivity index (χ1) is 20.7. The van der Waals surface area contributed by atoms with Crippen molar-refractivity contribution in [1.82, 2.24) is 0 Å². The fourth-order valence-electron chi connectivity index (χ4n) is 4.86. The van der Waals surface area contributed by atoms with Crippen LogP contribution in [0.25, 0.3) is 44.6 Å². The maximum Gasteiger partial charge on any atom is 1.00 e. The van der Waals surface area contributed by atoms with Crippen molar-refractivity contribution in [2.45, 2.75) is 12.8 Å². The number of para-hydroxylation sites is 2. The van der Waals surface area contributed by atoms with Crippen LogP contribution in [0.5, 0.6) is 11.5 Å². The number of carbonyl (C=O) groups is 2. The van der Waals surface area contributed by atoms with E-state index in [0.717, 1.165) is 0 Å². The zero-order valence-corrected chi connectivity index (χ0v) is 28.3. The van der Waals surface area contributed by atoms with Gasteiger partial charge in [-0.2, -0.15) is 0 Å². The summed E-state index contributed by atoms with van der Waals surface area (Å²) >= 11 is 0. The summed E-state index contributed by atoms with van der Waals surface area (Å²) in [6.45, 7) is 0. The molecule has 0 atom stereocenters. The number of benzene rings is 4. The summed E-state index contributed by atoms with van der Waals surface area (Å²) in [5.41, 5.74) is 1.69. The normalized spacial score (nSPS) is 10.6. The maximum absolute atomic E-state index is 12.7. The quantitative estimate of drug-likeness (QED) is 0.171. The van der Waals surface area contributed by atoms with Crippen LogP contribution in [0.1, 0.15) is 11.1 Å². The van der Waals surface area contributed by atoms with E-state index in [0.29, 0.717) is 33.8 Å². The summed E-state index contributed by atoms with van der Waals surface area (Å²) in [7, 11) is 0. The summed E-state index contributed by atoms with van der Waals surface area (Å²) in [5, 5.41) is 22.9. The number of fused-ring (bicyclic) bond motifs is 2. The first-order valence-electron chi connectivity index (χ1n) is 13.1. The molecular formula is C34H20Na2O9. The predicted octanol–water partition coefficient (Wildman–Crippen LogP) is -2.38. The van der Waals surface area contributed by atoms with Crippen LogP contribution in [0.15, 0.2) is 115 Å². The largest absolute Gasteiger partial charge is 1.00 e. The molecule has 0 aliphatic rings. The van der Waals surface area contributed by atoms with Crippen LogP contribution in [0.3, 0.4) is 0 Å². The van der Waals surface area contributed by atoms with Crippen LogP contribution in [0.4, 0.5) is 0 Å². The van der Waals surface area contributed by atoms with E-state index < -0.39 is 11.9 Å². The Morgan fingerprint density at radius 3 is 1.31 bits per heavy atom. The molecule has 0 amide bonds. The zero-order valence-electron chi connectivity index (χ0n) is 24.3. The molecule has 212 valence electrons. The number of hydrogen-bond acceptors (Lipinski definition) is 9. The molecule has 0 radical (unpaired) electrons. The van der Waals surface area contributed by atoms with E-state index >= 15 is 0 Å². The van der Waals surface area contributed by atoms with Crippen molar-refractivity contribution in [3.05, 3.63) is 129 Å². The minimum Gasteiger partial charge on any atom is -0.550 e. The van der Waals surface area contributed by atoms with Gasteiger partial charge in [-0.05, 0) is 60.7 Å². The van der Waals surface area contributed by atoms with Crippen molar-refractivity contribution >= 4 is 33.9 Å². The molecule has 0 aliphatic carbocycles. The molecule has 4 aromatic carbocycles. The molecule has 2 aromatic heterocycles. The van der Waals surface area contributed by atoms with Gasteiger partial charge in [-0.25, -0.2) is 0 Å². The Morgan fingerprint density at radius 2 is 0.956 bits per heavy atom. The monoisotopic (exact) mass is 618 g/mol. The van der Waals surface area contributed by atoms with Gasteiger partial charge in [-0.1, -0.05) is 24.3 Å². The van der Waals surface area contributed by atoms with Gasteiger partial charge in [0.2, 0.25) is 0 Å². The van der Waals surface area contributed by atoms with Crippen molar-refractivity contribution in [2.24, 2.45) is 0 Å². The topological polar surface area (TPSA) is 150 Å². The number of carboxylic acids is 2. The number of rotatable bonds is 8. The second kappa shape index (κ2) is 14.4. The van der Waals surface area contributed by atoms with Gasteiger partial charge in [-0.15, -0.1) is 0 Å². The van der Waals surface area contributed by atoms with Gasteiger partial charge >= 0.3 is 59.1 Å². The third kappa shape index (κ3) is 7.48. The van der Waals surface area contributed by atoms with E-state index in [-0.39, 0.29) is 116 Å². The van der Waals surface area contributed by atoms with Crippen LogP contribution < -0.4 is 84.9 Å². The summed E-state index contributed by atoms with van der Waals surface area (Å²) in [6, 6.07) is 25.9. The van der Waals surface area contributed by atoms with Crippen molar-refractivity contribution in [3.63, 3.8) is 0 Å². The number of aliphatic carboxylic acids is 2. The van der Waals surface area contributed by atoms with Crippen molar-refractivity contribution in [3.8, 4) is 34.1 Å². The molecule has 0 aliphatic heterocycles. The van der Waals surface area contributed by atoms with E-state index in [1.54, 1.807) is 84.9 Å². The average Bonchev–Trinajstić information content (AvgIpc) is 2.98. The number of carboxylic acid groups (broad SMARTS) is 2. The smallest absolute Gasteiger partial charge is 0.550 e. The van der Waals surface area contributed by atoms with Gasteiger partial charge in [-0.3, -0.25) is 9.59 Å². The molecule has 0 unspecified atom stereocenters. The Hall–Kier alpha value is -3.96. The van der Waals surface area contributed by atoms with Crippen molar-refractivity contribution < 1.29 is 92.5 Å². The van der Waals surface area contributed by atoms with Crippen LogP contribution in [-0.2, 0) is 22.4 Å². The number of hydrogen-bond donors (Lipinski definition) is 0. The Labute approximate surface area is 299 Å². The van der Waals surface area contributed by atoms with Crippen LogP contribution in [-0.4, -0.2) is 11.9 Å². The molecule has 6 rings (SSSR count). The molecule has 9 nitrogen and oxygen atoms in total. The number of ether oxygens (including phenoxy) is 1. The molecule has 0 fully saturated rings. The molecule has 0 saturated heterocycles. The van der Waals surface area contributed by atoms with Crippen LogP contribution >= 0.6 is 0 Å².